The lowest BCUT2D eigenvalue weighted by Crippen LogP contribution is -2.00. The van der Waals surface area contributed by atoms with Gasteiger partial charge in [0.1, 0.15) is 5.75 Å². The maximum absolute atomic E-state index is 10.7. The van der Waals surface area contributed by atoms with Crippen molar-refractivity contribution in [2.75, 3.05) is 6.61 Å². The van der Waals surface area contributed by atoms with E-state index in [0.717, 1.165) is 12.3 Å². The first-order chi connectivity index (χ1) is 8.20. The van der Waals surface area contributed by atoms with Crippen LogP contribution in [0.25, 0.3) is 0 Å². The molecule has 0 atom stereocenters. The zero-order valence-corrected chi connectivity index (χ0v) is 9.30. The lowest BCUT2D eigenvalue weighted by Gasteiger charge is -2.06. The molecular weight excluding hydrogens is 222 g/mol. The number of hydrogen-bond donors (Lipinski definition) is 0. The summed E-state index contributed by atoms with van der Waals surface area (Å²) in [6.45, 7) is 0.598. The van der Waals surface area contributed by atoms with E-state index in [1.165, 1.54) is 31.0 Å². The Bertz CT molecular complexity index is 440. The Morgan fingerprint density at radius 3 is 2.82 bits per heavy atom. The number of aldehydes is 1. The molecule has 0 unspecified atom stereocenters. The van der Waals surface area contributed by atoms with E-state index in [2.05, 4.69) is 0 Å². The largest absolute Gasteiger partial charge is 0.494 e. The van der Waals surface area contributed by atoms with E-state index in [-0.39, 0.29) is 11.3 Å². The molecule has 0 spiro atoms. The summed E-state index contributed by atoms with van der Waals surface area (Å²) in [5.74, 6) is 1.29. The van der Waals surface area contributed by atoms with Crippen molar-refractivity contribution in [3.63, 3.8) is 0 Å². The number of carbonyl (C=O) groups excluding carboxylic acids is 1. The molecular formula is C12H13NO4. The molecule has 0 N–H and O–H groups in total. The average molecular weight is 235 g/mol. The molecule has 0 saturated heterocycles. The fraction of sp³-hybridized carbons (Fsp3) is 0.417. The van der Waals surface area contributed by atoms with Crippen LogP contribution in [0.1, 0.15) is 29.6 Å². The summed E-state index contributed by atoms with van der Waals surface area (Å²) < 4.78 is 5.45. The number of ether oxygens (including phenoxy) is 1. The summed E-state index contributed by atoms with van der Waals surface area (Å²) in [6, 6.07) is 4.24. The van der Waals surface area contributed by atoms with Crippen LogP contribution in [0.2, 0.25) is 0 Å². The Hall–Kier alpha value is -1.91. The van der Waals surface area contributed by atoms with Crippen molar-refractivity contribution in [2.45, 2.75) is 19.3 Å². The van der Waals surface area contributed by atoms with E-state index in [4.69, 9.17) is 4.74 Å². The quantitative estimate of drug-likeness (QED) is 0.431. The van der Waals surface area contributed by atoms with Crippen LogP contribution in [-0.4, -0.2) is 17.8 Å². The monoisotopic (exact) mass is 235 g/mol. The van der Waals surface area contributed by atoms with Gasteiger partial charge >= 0.3 is 0 Å². The number of carbonyl (C=O) groups is 1. The molecule has 0 bridgehead atoms. The van der Waals surface area contributed by atoms with Gasteiger partial charge in [-0.1, -0.05) is 12.8 Å². The summed E-state index contributed by atoms with van der Waals surface area (Å²) in [7, 11) is 0. The van der Waals surface area contributed by atoms with Gasteiger partial charge in [0, 0.05) is 6.07 Å². The molecule has 1 aromatic rings. The molecule has 0 heterocycles. The van der Waals surface area contributed by atoms with Crippen molar-refractivity contribution in [3.05, 3.63) is 33.9 Å². The van der Waals surface area contributed by atoms with Gasteiger partial charge < -0.3 is 4.74 Å². The fourth-order valence-corrected chi connectivity index (χ4v) is 1.63. The number of hydrogen-bond acceptors (Lipinski definition) is 4. The van der Waals surface area contributed by atoms with Gasteiger partial charge in [-0.3, -0.25) is 14.9 Å². The second kappa shape index (κ2) is 4.95. The number of nitro groups is 1. The zero-order valence-electron chi connectivity index (χ0n) is 9.30. The minimum Gasteiger partial charge on any atom is -0.494 e. The first-order valence-electron chi connectivity index (χ1n) is 5.57. The molecule has 17 heavy (non-hydrogen) atoms. The number of benzene rings is 1. The van der Waals surface area contributed by atoms with E-state index in [0.29, 0.717) is 18.6 Å². The molecule has 0 aromatic heterocycles. The van der Waals surface area contributed by atoms with Gasteiger partial charge in [-0.25, -0.2) is 0 Å². The van der Waals surface area contributed by atoms with Crippen LogP contribution in [0.3, 0.4) is 0 Å². The van der Waals surface area contributed by atoms with Crippen molar-refractivity contribution in [1.82, 2.24) is 0 Å². The molecule has 0 amide bonds. The first kappa shape index (κ1) is 11.6. The van der Waals surface area contributed by atoms with Gasteiger partial charge in [0.15, 0.2) is 6.29 Å². The van der Waals surface area contributed by atoms with E-state index in [9.17, 15) is 14.9 Å². The Morgan fingerprint density at radius 1 is 1.47 bits per heavy atom. The van der Waals surface area contributed by atoms with Crippen LogP contribution >= 0.6 is 0 Å². The summed E-state index contributed by atoms with van der Waals surface area (Å²) >= 11 is 0. The summed E-state index contributed by atoms with van der Waals surface area (Å²) in [6.07, 6.45) is 4.02. The van der Waals surface area contributed by atoms with Crippen LogP contribution in [0.15, 0.2) is 18.2 Å². The van der Waals surface area contributed by atoms with Gasteiger partial charge in [0.2, 0.25) is 0 Å². The predicted molar refractivity (Wildman–Crippen MR) is 61.3 cm³/mol. The first-order valence-corrected chi connectivity index (χ1v) is 5.57. The molecule has 5 heteroatoms. The molecule has 90 valence electrons. The van der Waals surface area contributed by atoms with Gasteiger partial charge in [0.05, 0.1) is 17.1 Å². The molecule has 1 aliphatic carbocycles. The third-order valence-corrected chi connectivity index (χ3v) is 2.81. The van der Waals surface area contributed by atoms with Crippen molar-refractivity contribution < 1.29 is 14.5 Å². The van der Waals surface area contributed by atoms with E-state index < -0.39 is 4.92 Å². The van der Waals surface area contributed by atoms with Crippen LogP contribution in [-0.2, 0) is 0 Å². The Balaban J connectivity index is 2.02. The molecule has 1 saturated carbocycles. The highest BCUT2D eigenvalue weighted by Crippen LogP contribution is 2.32. The lowest BCUT2D eigenvalue weighted by atomic mass is 10.2. The van der Waals surface area contributed by atoms with Gasteiger partial charge in [-0.2, -0.15) is 0 Å². The molecule has 1 aromatic carbocycles. The van der Waals surface area contributed by atoms with E-state index >= 15 is 0 Å². The summed E-state index contributed by atoms with van der Waals surface area (Å²) in [5, 5.41) is 10.6. The van der Waals surface area contributed by atoms with Crippen LogP contribution in [0.5, 0.6) is 5.75 Å². The Morgan fingerprint density at radius 2 is 2.24 bits per heavy atom. The fourth-order valence-electron chi connectivity index (χ4n) is 1.63. The van der Waals surface area contributed by atoms with Crippen molar-refractivity contribution in [2.24, 2.45) is 5.92 Å². The minimum atomic E-state index is -0.572. The molecule has 0 aliphatic heterocycles. The highest BCUT2D eigenvalue weighted by molar-refractivity contribution is 5.82. The maximum Gasteiger partial charge on any atom is 0.280 e. The molecule has 2 rings (SSSR count). The number of rotatable bonds is 6. The highest BCUT2D eigenvalue weighted by Gasteiger charge is 2.21. The maximum atomic E-state index is 10.7. The predicted octanol–water partition coefficient (Wildman–Crippen LogP) is 2.59. The molecule has 5 nitrogen and oxygen atoms in total. The van der Waals surface area contributed by atoms with E-state index in [1.54, 1.807) is 0 Å². The Labute approximate surface area is 98.5 Å². The number of nitro benzene ring substituents is 1. The molecule has 1 fully saturated rings. The van der Waals surface area contributed by atoms with E-state index in [1.807, 2.05) is 0 Å². The van der Waals surface area contributed by atoms with Crippen LogP contribution in [0.4, 0.5) is 5.69 Å². The molecule has 0 radical (unpaired) electrons. The third-order valence-electron chi connectivity index (χ3n) is 2.81. The SMILES string of the molecule is O=Cc1cc(OCCC2CC2)ccc1[N+](=O)[O-]. The number of nitrogens with zero attached hydrogens (tertiary/aromatic N) is 1. The van der Waals surface area contributed by atoms with Crippen LogP contribution in [0, 0.1) is 16.0 Å². The highest BCUT2D eigenvalue weighted by atomic mass is 16.6. The van der Waals surface area contributed by atoms with Crippen molar-refractivity contribution in [3.8, 4) is 5.75 Å². The summed E-state index contributed by atoms with van der Waals surface area (Å²) in [5.41, 5.74) is -0.131. The third kappa shape index (κ3) is 3.03. The second-order valence-corrected chi connectivity index (χ2v) is 4.18. The topological polar surface area (TPSA) is 69.4 Å². The lowest BCUT2D eigenvalue weighted by molar-refractivity contribution is -0.385. The van der Waals surface area contributed by atoms with Gasteiger partial charge in [-0.15, -0.1) is 0 Å². The van der Waals surface area contributed by atoms with Gasteiger partial charge in [0.25, 0.3) is 5.69 Å². The Kier molecular flexibility index (Phi) is 3.37. The van der Waals surface area contributed by atoms with Crippen LogP contribution < -0.4 is 4.74 Å². The van der Waals surface area contributed by atoms with Crippen molar-refractivity contribution >= 4 is 12.0 Å². The average Bonchev–Trinajstić information content (AvgIpc) is 3.12. The standard InChI is InChI=1S/C12H13NO4/c14-8-10-7-11(3-4-12(10)13(15)16)17-6-5-9-1-2-9/h3-4,7-9H,1-2,5-6H2. The summed E-state index contributed by atoms with van der Waals surface area (Å²) in [4.78, 5) is 20.8. The minimum absolute atomic E-state index is 0.0546. The smallest absolute Gasteiger partial charge is 0.280 e. The normalized spacial score (nSPS) is 14.4. The second-order valence-electron chi connectivity index (χ2n) is 4.18. The molecule has 1 aliphatic rings. The van der Waals surface area contributed by atoms with Crippen molar-refractivity contribution in [1.29, 1.82) is 0 Å². The zero-order chi connectivity index (χ0) is 12.3. The van der Waals surface area contributed by atoms with Gasteiger partial charge in [-0.05, 0) is 24.5 Å².